The fourth-order valence-electron chi connectivity index (χ4n) is 2.27. The molecular weight excluding hydrogens is 264 g/mol. The first-order chi connectivity index (χ1) is 7.76. The lowest BCUT2D eigenvalue weighted by atomic mass is 10.1. The highest BCUT2D eigenvalue weighted by Crippen LogP contribution is 2.31. The van der Waals surface area contributed by atoms with Gasteiger partial charge in [-0.2, -0.15) is 5.26 Å². The van der Waals surface area contributed by atoms with Crippen LogP contribution in [0.1, 0.15) is 25.3 Å². The van der Waals surface area contributed by atoms with Crippen molar-refractivity contribution in [3.05, 3.63) is 28.2 Å². The third-order valence-electron chi connectivity index (χ3n) is 3.31. The van der Waals surface area contributed by atoms with Crippen LogP contribution in [0.15, 0.2) is 22.7 Å². The van der Waals surface area contributed by atoms with Crippen LogP contribution >= 0.6 is 15.9 Å². The van der Waals surface area contributed by atoms with Gasteiger partial charge in [-0.1, -0.05) is 19.4 Å². The number of halogens is 1. The molecule has 0 radical (unpaired) electrons. The molecule has 2 rings (SSSR count). The molecule has 0 spiro atoms. The average molecular weight is 279 g/mol. The second-order valence-electron chi connectivity index (χ2n) is 4.25. The third-order valence-corrected chi connectivity index (χ3v) is 3.97. The molecule has 0 aliphatic carbocycles. The van der Waals surface area contributed by atoms with Gasteiger partial charge in [0.1, 0.15) is 6.07 Å². The highest BCUT2D eigenvalue weighted by molar-refractivity contribution is 9.10. The van der Waals surface area contributed by atoms with E-state index in [9.17, 15) is 5.26 Å². The zero-order chi connectivity index (χ0) is 11.5. The van der Waals surface area contributed by atoms with Crippen molar-refractivity contribution >= 4 is 21.6 Å². The van der Waals surface area contributed by atoms with Gasteiger partial charge in [-0.3, -0.25) is 0 Å². The van der Waals surface area contributed by atoms with Crippen LogP contribution in [0, 0.1) is 17.2 Å². The van der Waals surface area contributed by atoms with Crippen LogP contribution in [-0.2, 0) is 0 Å². The van der Waals surface area contributed by atoms with Crippen molar-refractivity contribution in [2.24, 2.45) is 5.92 Å². The fourth-order valence-corrected chi connectivity index (χ4v) is 2.72. The van der Waals surface area contributed by atoms with E-state index in [1.807, 2.05) is 18.2 Å². The van der Waals surface area contributed by atoms with Crippen molar-refractivity contribution < 1.29 is 0 Å². The molecule has 1 atom stereocenters. The van der Waals surface area contributed by atoms with Gasteiger partial charge in [0.15, 0.2) is 0 Å². The molecule has 1 aliphatic rings. The van der Waals surface area contributed by atoms with Crippen molar-refractivity contribution in [1.82, 2.24) is 0 Å². The molecule has 84 valence electrons. The summed E-state index contributed by atoms with van der Waals surface area (Å²) in [6.45, 7) is 4.39. The second-order valence-corrected chi connectivity index (χ2v) is 5.11. The summed E-state index contributed by atoms with van der Waals surface area (Å²) in [7, 11) is 0. The Labute approximate surface area is 105 Å². The Bertz CT molecular complexity index is 422. The predicted octanol–water partition coefficient (Wildman–Crippen LogP) is 3.56. The van der Waals surface area contributed by atoms with E-state index < -0.39 is 0 Å². The quantitative estimate of drug-likeness (QED) is 0.827. The predicted molar refractivity (Wildman–Crippen MR) is 69.5 cm³/mol. The van der Waals surface area contributed by atoms with Gasteiger partial charge >= 0.3 is 0 Å². The largest absolute Gasteiger partial charge is 0.370 e. The van der Waals surface area contributed by atoms with Gasteiger partial charge in [-0.15, -0.1) is 0 Å². The summed E-state index contributed by atoms with van der Waals surface area (Å²) < 4.78 is 0.896. The lowest BCUT2D eigenvalue weighted by Gasteiger charge is -2.20. The van der Waals surface area contributed by atoms with Crippen molar-refractivity contribution in [3.8, 4) is 6.07 Å². The normalized spacial score (nSPS) is 19.8. The summed E-state index contributed by atoms with van der Waals surface area (Å²) in [5.74, 6) is 0.783. The lowest BCUT2D eigenvalue weighted by molar-refractivity contribution is 0.569. The molecule has 0 amide bonds. The Morgan fingerprint density at radius 2 is 2.38 bits per heavy atom. The molecule has 16 heavy (non-hydrogen) atoms. The Morgan fingerprint density at radius 1 is 1.56 bits per heavy atom. The van der Waals surface area contributed by atoms with Crippen LogP contribution in [0.5, 0.6) is 0 Å². The number of nitriles is 1. The average Bonchev–Trinajstić information content (AvgIpc) is 2.77. The Morgan fingerprint density at radius 3 is 3.00 bits per heavy atom. The smallest absolute Gasteiger partial charge is 0.103 e. The van der Waals surface area contributed by atoms with Crippen LogP contribution in [0.4, 0.5) is 5.69 Å². The Balaban J connectivity index is 2.28. The monoisotopic (exact) mass is 278 g/mol. The molecule has 1 saturated heterocycles. The van der Waals surface area contributed by atoms with Crippen molar-refractivity contribution in [3.63, 3.8) is 0 Å². The minimum atomic E-state index is 0.763. The van der Waals surface area contributed by atoms with Crippen molar-refractivity contribution in [2.45, 2.75) is 19.8 Å². The first kappa shape index (κ1) is 11.5. The standard InChI is InChI=1S/C13H15BrN2/c1-2-10-6-7-16(9-10)13-5-3-4-12(14)11(13)8-15/h3-5,10H,2,6-7,9H2,1H3. The van der Waals surface area contributed by atoms with Crippen LogP contribution in [0.2, 0.25) is 0 Å². The maximum Gasteiger partial charge on any atom is 0.103 e. The zero-order valence-corrected chi connectivity index (χ0v) is 11.0. The molecule has 2 nitrogen and oxygen atoms in total. The SMILES string of the molecule is CCC1CCN(c2cccc(Br)c2C#N)C1. The molecule has 0 N–H and O–H groups in total. The van der Waals surface area contributed by atoms with Gasteiger partial charge in [0.05, 0.1) is 11.3 Å². The van der Waals surface area contributed by atoms with Crippen LogP contribution in [-0.4, -0.2) is 13.1 Å². The van der Waals surface area contributed by atoms with Crippen LogP contribution in [0.25, 0.3) is 0 Å². The van der Waals surface area contributed by atoms with Gasteiger partial charge in [0.25, 0.3) is 0 Å². The highest BCUT2D eigenvalue weighted by Gasteiger charge is 2.23. The summed E-state index contributed by atoms with van der Waals surface area (Å²) in [6, 6.07) is 8.25. The van der Waals surface area contributed by atoms with Gasteiger partial charge in [-0.05, 0) is 40.4 Å². The van der Waals surface area contributed by atoms with Crippen molar-refractivity contribution in [2.75, 3.05) is 18.0 Å². The summed E-state index contributed by atoms with van der Waals surface area (Å²) in [4.78, 5) is 2.33. The first-order valence-corrected chi connectivity index (χ1v) is 6.49. The van der Waals surface area contributed by atoms with E-state index in [-0.39, 0.29) is 0 Å². The van der Waals surface area contributed by atoms with E-state index in [1.165, 1.54) is 12.8 Å². The molecule has 0 aromatic heterocycles. The molecule has 3 heteroatoms. The topological polar surface area (TPSA) is 27.0 Å². The summed E-state index contributed by atoms with van der Waals surface area (Å²) in [5.41, 5.74) is 1.84. The van der Waals surface area contributed by atoms with Gasteiger partial charge in [-0.25, -0.2) is 0 Å². The molecule has 0 bridgehead atoms. The lowest BCUT2D eigenvalue weighted by Crippen LogP contribution is -2.20. The van der Waals surface area contributed by atoms with E-state index in [0.29, 0.717) is 0 Å². The molecule has 0 saturated carbocycles. The van der Waals surface area contributed by atoms with E-state index >= 15 is 0 Å². The van der Waals surface area contributed by atoms with Crippen LogP contribution in [0.3, 0.4) is 0 Å². The number of hydrogen-bond donors (Lipinski definition) is 0. The highest BCUT2D eigenvalue weighted by atomic mass is 79.9. The number of benzene rings is 1. The maximum absolute atomic E-state index is 9.18. The number of rotatable bonds is 2. The molecular formula is C13H15BrN2. The van der Waals surface area contributed by atoms with E-state index in [1.54, 1.807) is 0 Å². The zero-order valence-electron chi connectivity index (χ0n) is 9.41. The van der Waals surface area contributed by atoms with E-state index in [2.05, 4.69) is 33.8 Å². The fraction of sp³-hybridized carbons (Fsp3) is 0.462. The Hall–Kier alpha value is -1.01. The van der Waals surface area contributed by atoms with Crippen LogP contribution < -0.4 is 4.90 Å². The molecule has 1 aromatic rings. The molecule has 1 aromatic carbocycles. The van der Waals surface area contributed by atoms with E-state index in [0.717, 1.165) is 34.7 Å². The van der Waals surface area contributed by atoms with Crippen molar-refractivity contribution in [1.29, 1.82) is 5.26 Å². The Kier molecular flexibility index (Phi) is 3.50. The molecule has 1 unspecified atom stereocenters. The summed E-state index contributed by atoms with van der Waals surface area (Å²) in [5, 5.41) is 9.18. The first-order valence-electron chi connectivity index (χ1n) is 5.69. The molecule has 1 fully saturated rings. The summed E-state index contributed by atoms with van der Waals surface area (Å²) >= 11 is 3.44. The molecule has 1 aliphatic heterocycles. The van der Waals surface area contributed by atoms with E-state index in [4.69, 9.17) is 0 Å². The van der Waals surface area contributed by atoms with Gasteiger partial charge < -0.3 is 4.90 Å². The third kappa shape index (κ3) is 2.08. The summed E-state index contributed by atoms with van der Waals surface area (Å²) in [6.07, 6.45) is 2.47. The number of nitrogens with zero attached hydrogens (tertiary/aromatic N) is 2. The molecule has 1 heterocycles. The minimum Gasteiger partial charge on any atom is -0.370 e. The maximum atomic E-state index is 9.18. The number of anilines is 1. The second kappa shape index (κ2) is 4.88. The number of hydrogen-bond acceptors (Lipinski definition) is 2. The van der Waals surface area contributed by atoms with Gasteiger partial charge in [0, 0.05) is 17.6 Å². The van der Waals surface area contributed by atoms with Gasteiger partial charge in [0.2, 0.25) is 0 Å². The minimum absolute atomic E-state index is 0.763.